The molecule has 7 rings (SSSR count). The minimum absolute atomic E-state index is 0.00814. The summed E-state index contributed by atoms with van der Waals surface area (Å²) in [6, 6.07) is 0. The molecule has 19 atom stereocenters. The van der Waals surface area contributed by atoms with Gasteiger partial charge in [0.25, 0.3) is 0 Å². The van der Waals surface area contributed by atoms with Gasteiger partial charge in [-0.05, 0) is 97.7 Å². The predicted octanol–water partition coefficient (Wildman–Crippen LogP) is 3.07. The molecule has 31 heteroatoms. The average Bonchev–Trinajstić information content (AvgIpc) is 3.87. The van der Waals surface area contributed by atoms with E-state index >= 15 is 0 Å². The Morgan fingerprint density at radius 1 is 0.937 bits per heavy atom. The lowest BCUT2D eigenvalue weighted by Crippen LogP contribution is -2.62. The molecule has 4 saturated carbocycles. The molecule has 2 aromatic rings. The molecule has 0 spiro atoms. The topological polar surface area (TPSA) is 424 Å². The molecule has 3 heterocycles. The van der Waals surface area contributed by atoms with Gasteiger partial charge in [0.15, 0.2) is 22.8 Å². The van der Waals surface area contributed by atoms with Crippen LogP contribution in [0.2, 0.25) is 0 Å². The van der Waals surface area contributed by atoms with Crippen LogP contribution in [0.1, 0.15) is 118 Å². The van der Waals surface area contributed by atoms with E-state index < -0.39 is 96.8 Å². The monoisotopic (exact) mass is 1200 g/mol. The van der Waals surface area contributed by atoms with E-state index in [0.29, 0.717) is 30.4 Å². The van der Waals surface area contributed by atoms with Gasteiger partial charge in [0.05, 0.1) is 37.9 Å². The summed E-state index contributed by atoms with van der Waals surface area (Å²) in [6.07, 6.45) is 0.0812. The fourth-order valence-corrected chi connectivity index (χ4v) is 17.3. The second kappa shape index (κ2) is 25.3. The fraction of sp³-hybridized carbons (Fsp3) is 0.833. The number of anilines is 1. The number of nitrogens with one attached hydrogen (secondary N) is 2. The fourth-order valence-electron chi connectivity index (χ4n) is 13.6. The Kier molecular flexibility index (Phi) is 20.5. The predicted molar refractivity (Wildman–Crippen MR) is 283 cm³/mol. The summed E-state index contributed by atoms with van der Waals surface area (Å²) < 4.78 is 62.8. The summed E-state index contributed by atoms with van der Waals surface area (Å²) in [5.74, 6) is 0.168. The summed E-state index contributed by atoms with van der Waals surface area (Å²) in [5, 5.41) is 60.8. The van der Waals surface area contributed by atoms with Crippen LogP contribution in [0.5, 0.6) is 0 Å². The van der Waals surface area contributed by atoms with Crippen LogP contribution in [0, 0.1) is 57.7 Å². The van der Waals surface area contributed by atoms with Crippen LogP contribution in [0.4, 0.5) is 5.82 Å². The zero-order valence-corrected chi connectivity index (χ0v) is 48.8. The van der Waals surface area contributed by atoms with Gasteiger partial charge in [0, 0.05) is 36.6 Å². The second-order valence-electron chi connectivity index (χ2n) is 23.6. The minimum Gasteiger partial charge on any atom is -0.393 e. The third-order valence-corrected chi connectivity index (χ3v) is 22.2. The van der Waals surface area contributed by atoms with Gasteiger partial charge >= 0.3 is 23.5 Å². The van der Waals surface area contributed by atoms with Crippen molar-refractivity contribution >= 4 is 69.1 Å². The molecule has 7 unspecified atom stereocenters. The van der Waals surface area contributed by atoms with Crippen molar-refractivity contribution in [3.05, 3.63) is 12.7 Å². The van der Waals surface area contributed by atoms with Crippen LogP contribution in [0.25, 0.3) is 11.2 Å². The molecule has 0 radical (unpaired) electrons. The quantitative estimate of drug-likeness (QED) is 0.0502. The number of amides is 2. The Bertz CT molecular complexity index is 2640. The van der Waals surface area contributed by atoms with Crippen LogP contribution in [-0.2, 0) is 50.7 Å². The lowest BCUT2D eigenvalue weighted by molar-refractivity contribution is -0.207. The first-order chi connectivity index (χ1) is 36.8. The summed E-state index contributed by atoms with van der Waals surface area (Å²) in [7, 11) is -16.5. The molecule has 27 nitrogen and oxygen atoms in total. The van der Waals surface area contributed by atoms with Gasteiger partial charge in [0.1, 0.15) is 36.3 Å². The number of hydrogen-bond acceptors (Lipinski definition) is 21. The number of aliphatic hydroxyl groups is 5. The molecule has 0 bridgehead atoms. The van der Waals surface area contributed by atoms with Crippen LogP contribution >= 0.6 is 35.2 Å². The highest BCUT2D eigenvalue weighted by molar-refractivity contribution is 8.13. The average molecular weight is 1200 g/mol. The molecule has 2 aromatic heterocycles. The first kappa shape index (κ1) is 64.0. The molecule has 13 N–H and O–H groups in total. The van der Waals surface area contributed by atoms with E-state index in [-0.39, 0.29) is 88.1 Å². The maximum absolute atomic E-state index is 13.1. The zero-order valence-electron chi connectivity index (χ0n) is 45.3. The van der Waals surface area contributed by atoms with Gasteiger partial charge < -0.3 is 66.2 Å². The number of nitrogens with two attached hydrogens (primary N) is 1. The number of aliphatic hydroxyl groups excluding tert-OH is 5. The number of carbonyl (C=O) groups is 3. The zero-order chi connectivity index (χ0) is 58.2. The highest BCUT2D eigenvalue weighted by atomic mass is 32.2. The van der Waals surface area contributed by atoms with Crippen LogP contribution in [0.15, 0.2) is 12.7 Å². The van der Waals surface area contributed by atoms with Gasteiger partial charge in [0.2, 0.25) is 11.8 Å². The number of nitrogen functional groups attached to an aromatic ring is 1. The third-order valence-electron chi connectivity index (χ3n) is 18.0. The SMILES string of the molecule is CC(CCC[C@@H](C)[C@H]1CC[C@H]2[C@@H]3C(O)CC4CC(O)CC[C@]4(C)[C@H]3CC(O)[C@]12C)C(=O)SCCNC(=O)CCNC(=O)[C@H](O)C(C)(C)COP(=O)(O)OP(=O)(O)OC[C@H]1O[C@@H](n2cnc3c(N)ncnc32)[C@H](O)[C@@H]1OP(=O)(O)O. The van der Waals surface area contributed by atoms with Crippen molar-refractivity contribution in [2.24, 2.45) is 57.7 Å². The summed E-state index contributed by atoms with van der Waals surface area (Å²) in [6.45, 7) is 9.17. The summed E-state index contributed by atoms with van der Waals surface area (Å²) in [5.41, 5.74) is 3.98. The third kappa shape index (κ3) is 14.7. The van der Waals surface area contributed by atoms with Crippen LogP contribution in [0.3, 0.4) is 0 Å². The lowest BCUT2D eigenvalue weighted by Gasteiger charge is -2.63. The van der Waals surface area contributed by atoms with Gasteiger partial charge in [-0.15, -0.1) is 0 Å². The van der Waals surface area contributed by atoms with Crippen LogP contribution < -0.4 is 16.4 Å². The molecule has 4 aliphatic carbocycles. The first-order valence-corrected chi connectivity index (χ1v) is 32.4. The van der Waals surface area contributed by atoms with E-state index in [4.69, 9.17) is 19.5 Å². The van der Waals surface area contributed by atoms with E-state index in [0.717, 1.165) is 80.4 Å². The van der Waals surface area contributed by atoms with Gasteiger partial charge in [-0.25, -0.2) is 28.6 Å². The number of fused-ring (bicyclic) bond motifs is 6. The van der Waals surface area contributed by atoms with Crippen molar-refractivity contribution in [2.45, 2.75) is 161 Å². The number of carbonyl (C=O) groups excluding carboxylic acids is 3. The highest BCUT2D eigenvalue weighted by Gasteiger charge is 2.66. The molecule has 5 aliphatic rings. The van der Waals surface area contributed by atoms with Crippen molar-refractivity contribution in [2.75, 3.05) is 37.8 Å². The van der Waals surface area contributed by atoms with E-state index in [2.05, 4.69) is 55.2 Å². The number of hydrogen-bond donors (Lipinski definition) is 12. The summed E-state index contributed by atoms with van der Waals surface area (Å²) >= 11 is 1.12. The van der Waals surface area contributed by atoms with Gasteiger partial charge in [-0.3, -0.25) is 32.5 Å². The van der Waals surface area contributed by atoms with Crippen LogP contribution in [-0.4, -0.2) is 156 Å². The molecule has 448 valence electrons. The Morgan fingerprint density at radius 2 is 1.65 bits per heavy atom. The summed E-state index contributed by atoms with van der Waals surface area (Å²) in [4.78, 5) is 89.9. The molecule has 1 saturated heterocycles. The van der Waals surface area contributed by atoms with E-state index in [1.807, 2.05) is 6.92 Å². The number of rotatable bonds is 25. The minimum atomic E-state index is -5.60. The number of imidazole rings is 1. The lowest BCUT2D eigenvalue weighted by atomic mass is 9.43. The Balaban J connectivity index is 0.770. The van der Waals surface area contributed by atoms with Crippen molar-refractivity contribution in [3.63, 3.8) is 0 Å². The van der Waals surface area contributed by atoms with Crippen molar-refractivity contribution < 1.29 is 95.8 Å². The number of nitrogens with zero attached hydrogens (tertiary/aromatic N) is 4. The molecule has 0 aromatic carbocycles. The van der Waals surface area contributed by atoms with Crippen molar-refractivity contribution in [3.8, 4) is 0 Å². The Hall–Kier alpha value is -2.56. The normalized spacial score (nSPS) is 34.6. The van der Waals surface area contributed by atoms with E-state index in [1.165, 1.54) is 13.8 Å². The standard InChI is InChI=1S/C48H80N7O20P3S/c1-25(29-10-11-30-36-31(20-34(58)48(29,30)6)47(5)14-12-28(56)18-27(47)19-32(36)57)8-7-9-26(2)45(63)79-17-16-50-35(59)13-15-51-43(62)40(61)46(3,4)22-72-78(69,70)75-77(67,68)71-21-33-39(74-76(64,65)66)38(60)44(73-33)55-24-54-37-41(49)52-23-53-42(37)55/h23-34,36,38-40,44,56-58,60-61H,7-22H2,1-6H3,(H,50,59)(H,51,62)(H,67,68)(H,69,70)(H2,49,52,53)(H2,64,65,66)/t25-,26?,27?,28?,29-,30+,31+,32?,33-,34?,36+,38-,39-,40+,44-,47+,48-/m1/s1. The van der Waals surface area contributed by atoms with E-state index in [9.17, 15) is 73.2 Å². The largest absolute Gasteiger partial charge is 0.481 e. The van der Waals surface area contributed by atoms with Gasteiger partial charge in [-0.2, -0.15) is 4.31 Å². The molecular weight excluding hydrogens is 1120 g/mol. The number of thioether (sulfide) groups is 1. The Morgan fingerprint density at radius 3 is 2.35 bits per heavy atom. The maximum Gasteiger partial charge on any atom is 0.481 e. The molecule has 1 aliphatic heterocycles. The van der Waals surface area contributed by atoms with E-state index in [1.54, 1.807) is 0 Å². The molecule has 2 amide bonds. The van der Waals surface area contributed by atoms with Crippen molar-refractivity contribution in [1.82, 2.24) is 30.2 Å². The maximum atomic E-state index is 13.1. The van der Waals surface area contributed by atoms with Gasteiger partial charge in [-0.1, -0.05) is 66.1 Å². The first-order valence-electron chi connectivity index (χ1n) is 26.9. The van der Waals surface area contributed by atoms with Crippen molar-refractivity contribution in [1.29, 1.82) is 0 Å². The highest BCUT2D eigenvalue weighted by Crippen LogP contribution is 2.69. The number of phosphoric acid groups is 3. The molecular formula is C48H80N7O20P3S. The second-order valence-corrected chi connectivity index (χ2v) is 28.9. The Labute approximate surface area is 462 Å². The molecule has 5 fully saturated rings. The molecule has 79 heavy (non-hydrogen) atoms. The smallest absolute Gasteiger partial charge is 0.393 e. The number of aromatic nitrogens is 4. The number of ether oxygens (including phenoxy) is 1. The number of phosphoric ester groups is 3.